The number of Topliss-reactive ketones (excluding diaryl/α,β-unsaturated/α-hetero) is 4. The van der Waals surface area contributed by atoms with E-state index in [1.54, 1.807) is 97.1 Å². The molecule has 2 amide bonds. The zero-order valence-corrected chi connectivity index (χ0v) is 39.2. The van der Waals surface area contributed by atoms with Gasteiger partial charge >= 0.3 is 12.2 Å². The fraction of sp³-hybridized carbons (Fsp3) is 0.423. The molecule has 0 aromatic heterocycles. The molecule has 4 aromatic rings. The molecule has 0 atom stereocenters. The van der Waals surface area contributed by atoms with Gasteiger partial charge in [-0.3, -0.25) is 24.1 Å². The van der Waals surface area contributed by atoms with E-state index in [0.29, 0.717) is 59.4 Å². The van der Waals surface area contributed by atoms with Crippen molar-refractivity contribution >= 4 is 41.0 Å². The van der Waals surface area contributed by atoms with Gasteiger partial charge in [0.1, 0.15) is 29.0 Å². The van der Waals surface area contributed by atoms with Crippen molar-refractivity contribution in [2.24, 2.45) is 0 Å². The van der Waals surface area contributed by atoms with Crippen LogP contribution in [0, 0.1) is 0 Å². The number of amides is 2. The molecule has 4 aromatic carbocycles. The van der Waals surface area contributed by atoms with Crippen LogP contribution in [-0.2, 0) is 16.1 Å². The number of hydrogen-bond acceptors (Lipinski definition) is 12. The lowest BCUT2D eigenvalue weighted by Crippen LogP contribution is -2.33. The second-order valence-electron chi connectivity index (χ2n) is 18.6. The van der Waals surface area contributed by atoms with Crippen LogP contribution in [0.4, 0.5) is 15.3 Å². The number of hydrogen-bond donors (Lipinski definition) is 5. The first kappa shape index (κ1) is 52.6. The average Bonchev–Trinajstić information content (AvgIpc) is 3.26. The number of unbranched alkanes of at least 4 members (excludes halogenated alkanes) is 5. The van der Waals surface area contributed by atoms with Crippen LogP contribution in [0.15, 0.2) is 97.1 Å². The molecule has 0 fully saturated rings. The minimum absolute atomic E-state index is 0.0670. The summed E-state index contributed by atoms with van der Waals surface area (Å²) in [4.78, 5) is 78.4. The zero-order valence-electron chi connectivity index (χ0n) is 39.2. The molecule has 14 heteroatoms. The van der Waals surface area contributed by atoms with Crippen molar-refractivity contribution in [3.63, 3.8) is 0 Å². The molecular formula is C52H64N2O12. The van der Waals surface area contributed by atoms with E-state index in [1.165, 1.54) is 60.3 Å². The molecule has 0 heterocycles. The lowest BCUT2D eigenvalue weighted by molar-refractivity contribution is 0.0487. The van der Waals surface area contributed by atoms with E-state index < -0.39 is 63.8 Å². The number of benzene rings is 4. The molecule has 0 unspecified atom stereocenters. The Morgan fingerprint density at radius 3 is 1.24 bits per heavy atom. The van der Waals surface area contributed by atoms with Gasteiger partial charge in [-0.25, -0.2) is 9.59 Å². The van der Waals surface area contributed by atoms with E-state index in [9.17, 15) is 49.2 Å². The predicted molar refractivity (Wildman–Crippen MR) is 250 cm³/mol. The van der Waals surface area contributed by atoms with Gasteiger partial charge < -0.3 is 35.2 Å². The van der Waals surface area contributed by atoms with Gasteiger partial charge in [-0.2, -0.15) is 0 Å². The number of ether oxygens (including phenoxy) is 2. The highest BCUT2D eigenvalue weighted by Crippen LogP contribution is 2.29. The van der Waals surface area contributed by atoms with Crippen LogP contribution in [0.1, 0.15) is 158 Å². The Balaban J connectivity index is 1.30. The van der Waals surface area contributed by atoms with E-state index in [4.69, 9.17) is 9.47 Å². The monoisotopic (exact) mass is 908 g/mol. The maximum Gasteiger partial charge on any atom is 0.414 e. The van der Waals surface area contributed by atoms with E-state index in [0.717, 1.165) is 25.7 Å². The minimum atomic E-state index is -1.57. The Morgan fingerprint density at radius 1 is 0.500 bits per heavy atom. The van der Waals surface area contributed by atoms with Crippen molar-refractivity contribution in [2.45, 2.75) is 129 Å². The summed E-state index contributed by atoms with van der Waals surface area (Å²) in [6.45, 7) is 11.8. The summed E-state index contributed by atoms with van der Waals surface area (Å²) in [5.41, 5.74) is -2.79. The molecule has 0 aliphatic carbocycles. The minimum Gasteiger partial charge on any atom is -0.444 e. The molecule has 354 valence electrons. The van der Waals surface area contributed by atoms with Crippen molar-refractivity contribution in [1.29, 1.82) is 0 Å². The molecule has 0 saturated heterocycles. The first-order chi connectivity index (χ1) is 30.8. The highest BCUT2D eigenvalue weighted by Gasteiger charge is 2.29. The van der Waals surface area contributed by atoms with Gasteiger partial charge in [-0.05, 0) is 109 Å². The Morgan fingerprint density at radius 2 is 0.848 bits per heavy atom. The van der Waals surface area contributed by atoms with E-state index in [1.807, 2.05) is 0 Å². The molecular weight excluding hydrogens is 845 g/mol. The van der Waals surface area contributed by atoms with Crippen molar-refractivity contribution in [2.75, 3.05) is 18.0 Å². The lowest BCUT2D eigenvalue weighted by atomic mass is 9.92. The molecule has 4 rings (SSSR count). The summed E-state index contributed by atoms with van der Waals surface area (Å²) in [7, 11) is 0. The molecule has 66 heavy (non-hydrogen) atoms. The fourth-order valence-corrected chi connectivity index (χ4v) is 6.90. The van der Waals surface area contributed by atoms with E-state index in [-0.39, 0.29) is 17.7 Å². The number of aliphatic hydroxyl groups is 4. The maximum absolute atomic E-state index is 13.5. The van der Waals surface area contributed by atoms with Crippen LogP contribution < -0.4 is 10.2 Å². The summed E-state index contributed by atoms with van der Waals surface area (Å²) in [5, 5.41) is 43.5. The Bertz CT molecular complexity index is 2220. The number of carbonyl (C=O) groups excluding carboxylic acids is 6. The highest BCUT2D eigenvalue weighted by molar-refractivity contribution is 6.03. The van der Waals surface area contributed by atoms with Crippen LogP contribution >= 0.6 is 0 Å². The van der Waals surface area contributed by atoms with Crippen LogP contribution in [-0.4, -0.2) is 91.2 Å². The SMILES string of the molecule is CC(C)(O)C(=O)c1ccc(COC(=O)N(CCCCCCCCNC(=O)OC(c2ccc(C(=O)C(C)(C)O)cc2)c2ccc(C(=O)C(C)(C)O)cc2)c2ccc(C(=O)C(C)(C)O)cc2)cc1. The van der Waals surface area contributed by atoms with Gasteiger partial charge in [0.05, 0.1) is 0 Å². The van der Waals surface area contributed by atoms with Gasteiger partial charge in [0.2, 0.25) is 0 Å². The highest BCUT2D eigenvalue weighted by atomic mass is 16.6. The predicted octanol–water partition coefficient (Wildman–Crippen LogP) is 8.50. The third-order valence-corrected chi connectivity index (χ3v) is 10.7. The molecule has 0 spiro atoms. The fourth-order valence-electron chi connectivity index (χ4n) is 6.90. The molecule has 0 bridgehead atoms. The smallest absolute Gasteiger partial charge is 0.414 e. The molecule has 5 N–H and O–H groups in total. The Kier molecular flexibility index (Phi) is 17.9. The Labute approximate surface area is 387 Å². The molecule has 14 nitrogen and oxygen atoms in total. The average molecular weight is 909 g/mol. The van der Waals surface area contributed by atoms with Crippen molar-refractivity contribution in [1.82, 2.24) is 5.32 Å². The van der Waals surface area contributed by atoms with Gasteiger partial charge in [0, 0.05) is 41.0 Å². The second kappa shape index (κ2) is 22.4. The van der Waals surface area contributed by atoms with Crippen molar-refractivity contribution < 1.29 is 58.7 Å². The summed E-state index contributed by atoms with van der Waals surface area (Å²) in [6, 6.07) is 25.6. The molecule has 0 saturated carbocycles. The topological polar surface area (TPSA) is 217 Å². The maximum atomic E-state index is 13.5. The number of alkyl carbamates (subject to hydrolysis) is 1. The van der Waals surface area contributed by atoms with Crippen LogP contribution in [0.3, 0.4) is 0 Å². The van der Waals surface area contributed by atoms with Crippen molar-refractivity contribution in [3.05, 3.63) is 136 Å². The molecule has 0 aliphatic heterocycles. The van der Waals surface area contributed by atoms with Gasteiger partial charge in [0.15, 0.2) is 29.2 Å². The molecule has 0 aliphatic rings. The van der Waals surface area contributed by atoms with Gasteiger partial charge in [-0.1, -0.05) is 98.5 Å². The second-order valence-corrected chi connectivity index (χ2v) is 18.6. The number of carbonyl (C=O) groups is 6. The summed E-state index contributed by atoms with van der Waals surface area (Å²) in [6.07, 6.45) is 2.42. The number of ketones is 4. The third kappa shape index (κ3) is 15.3. The normalized spacial score (nSPS) is 12.1. The number of rotatable bonds is 23. The standard InChI is InChI=1S/C52H64N2O12/c1-49(2,61)43(55)37-17-15-34(16-18-37)33-65-48(60)54(41-29-27-40(28-30-41)46(58)52(7,8)64)32-14-12-10-9-11-13-31-53-47(59)66-42(35-19-23-38(24-20-35)44(56)50(3,4)62)36-21-25-39(26-22-36)45(57)51(5,6)63/h15-30,42,61-64H,9-14,31-33H2,1-8H3,(H,53,59). The summed E-state index contributed by atoms with van der Waals surface area (Å²) in [5.74, 6) is -1.82. The van der Waals surface area contributed by atoms with Gasteiger partial charge in [0.25, 0.3) is 0 Å². The zero-order chi connectivity index (χ0) is 49.0. The summed E-state index contributed by atoms with van der Waals surface area (Å²) < 4.78 is 11.6. The quantitative estimate of drug-likeness (QED) is 0.0350. The van der Waals surface area contributed by atoms with Gasteiger partial charge in [-0.15, -0.1) is 0 Å². The number of nitrogens with zero attached hydrogens (tertiary/aromatic N) is 1. The number of nitrogens with one attached hydrogen (secondary N) is 1. The first-order valence-corrected chi connectivity index (χ1v) is 22.1. The molecule has 0 radical (unpaired) electrons. The van der Waals surface area contributed by atoms with Crippen LogP contribution in [0.25, 0.3) is 0 Å². The third-order valence-electron chi connectivity index (χ3n) is 10.7. The van der Waals surface area contributed by atoms with E-state index >= 15 is 0 Å². The van der Waals surface area contributed by atoms with E-state index in [2.05, 4.69) is 5.32 Å². The lowest BCUT2D eigenvalue weighted by Gasteiger charge is -2.23. The summed E-state index contributed by atoms with van der Waals surface area (Å²) >= 11 is 0. The van der Waals surface area contributed by atoms with Crippen LogP contribution in [0.2, 0.25) is 0 Å². The van der Waals surface area contributed by atoms with Crippen LogP contribution in [0.5, 0.6) is 0 Å². The largest absolute Gasteiger partial charge is 0.444 e. The van der Waals surface area contributed by atoms with Crippen molar-refractivity contribution in [3.8, 4) is 0 Å². The first-order valence-electron chi connectivity index (χ1n) is 22.1. The Hall–Kier alpha value is -6.06. The number of anilines is 1.